The summed E-state index contributed by atoms with van der Waals surface area (Å²) in [6.45, 7) is -0.175. The number of pyridine rings is 1. The van der Waals surface area contributed by atoms with Crippen molar-refractivity contribution in [2.75, 3.05) is 11.9 Å². The zero-order valence-electron chi connectivity index (χ0n) is 9.56. The minimum absolute atomic E-state index is 0.128. The van der Waals surface area contributed by atoms with Crippen molar-refractivity contribution in [1.29, 1.82) is 0 Å². The highest BCUT2D eigenvalue weighted by atomic mass is 19.1. The molecule has 0 atom stereocenters. The number of benzene rings is 1. The number of aromatic nitrogens is 1. The minimum atomic E-state index is -0.494. The van der Waals surface area contributed by atoms with Gasteiger partial charge in [-0.05, 0) is 35.4 Å². The standard InChI is InChI=1S/C13H12FN3O/c14-11-7-10(9-3-5-16-6-4-9)1-2-12(11)17-13(18)8-15/h1-7H,8,15H2,(H,17,18). The van der Waals surface area contributed by atoms with E-state index < -0.39 is 11.7 Å². The van der Waals surface area contributed by atoms with Crippen LogP contribution in [0.4, 0.5) is 10.1 Å². The van der Waals surface area contributed by atoms with E-state index in [0.717, 1.165) is 11.1 Å². The van der Waals surface area contributed by atoms with Crippen molar-refractivity contribution >= 4 is 11.6 Å². The summed E-state index contributed by atoms with van der Waals surface area (Å²) in [5.41, 5.74) is 6.86. The van der Waals surface area contributed by atoms with Gasteiger partial charge in [0, 0.05) is 12.4 Å². The van der Waals surface area contributed by atoms with E-state index in [9.17, 15) is 9.18 Å². The van der Waals surface area contributed by atoms with E-state index in [-0.39, 0.29) is 12.2 Å². The van der Waals surface area contributed by atoms with Crippen LogP contribution in [-0.4, -0.2) is 17.4 Å². The third kappa shape index (κ3) is 2.70. The molecule has 0 saturated carbocycles. The lowest BCUT2D eigenvalue weighted by Gasteiger charge is -2.07. The first-order chi connectivity index (χ1) is 8.70. The minimum Gasteiger partial charge on any atom is -0.322 e. The summed E-state index contributed by atoms with van der Waals surface area (Å²) in [6, 6.07) is 8.17. The summed E-state index contributed by atoms with van der Waals surface area (Å²) in [5, 5.41) is 2.39. The van der Waals surface area contributed by atoms with Crippen molar-refractivity contribution < 1.29 is 9.18 Å². The molecule has 0 aliphatic heterocycles. The van der Waals surface area contributed by atoms with E-state index >= 15 is 0 Å². The van der Waals surface area contributed by atoms with Crippen LogP contribution in [0.2, 0.25) is 0 Å². The lowest BCUT2D eigenvalue weighted by molar-refractivity contribution is -0.114. The van der Waals surface area contributed by atoms with Gasteiger partial charge in [0.2, 0.25) is 5.91 Å². The van der Waals surface area contributed by atoms with Gasteiger partial charge < -0.3 is 11.1 Å². The molecular weight excluding hydrogens is 233 g/mol. The van der Waals surface area contributed by atoms with Gasteiger partial charge in [0.1, 0.15) is 5.82 Å². The van der Waals surface area contributed by atoms with Crippen LogP contribution < -0.4 is 11.1 Å². The van der Waals surface area contributed by atoms with Gasteiger partial charge >= 0.3 is 0 Å². The second-order valence-electron chi connectivity index (χ2n) is 3.68. The van der Waals surface area contributed by atoms with Gasteiger partial charge in [-0.25, -0.2) is 4.39 Å². The SMILES string of the molecule is NCC(=O)Nc1ccc(-c2ccncc2)cc1F. The van der Waals surface area contributed by atoms with Crippen LogP contribution in [0.25, 0.3) is 11.1 Å². The normalized spacial score (nSPS) is 10.1. The van der Waals surface area contributed by atoms with Crippen LogP contribution >= 0.6 is 0 Å². The highest BCUT2D eigenvalue weighted by Gasteiger charge is 2.07. The number of nitrogens with two attached hydrogens (primary N) is 1. The van der Waals surface area contributed by atoms with Gasteiger partial charge in [-0.15, -0.1) is 0 Å². The maximum absolute atomic E-state index is 13.8. The lowest BCUT2D eigenvalue weighted by Crippen LogP contribution is -2.22. The van der Waals surface area contributed by atoms with Crippen molar-refractivity contribution in [2.24, 2.45) is 5.73 Å². The van der Waals surface area contributed by atoms with E-state index in [1.54, 1.807) is 30.6 Å². The molecule has 18 heavy (non-hydrogen) atoms. The molecule has 5 heteroatoms. The summed E-state index contributed by atoms with van der Waals surface area (Å²) >= 11 is 0. The summed E-state index contributed by atoms with van der Waals surface area (Å²) in [5.74, 6) is -0.920. The molecule has 2 rings (SSSR count). The van der Waals surface area contributed by atoms with E-state index in [1.165, 1.54) is 12.1 Å². The Morgan fingerprint density at radius 3 is 2.56 bits per heavy atom. The Kier molecular flexibility index (Phi) is 3.64. The molecule has 0 aliphatic carbocycles. The molecule has 0 spiro atoms. The highest BCUT2D eigenvalue weighted by Crippen LogP contribution is 2.23. The van der Waals surface area contributed by atoms with Gasteiger partial charge in [0.15, 0.2) is 0 Å². The average molecular weight is 245 g/mol. The summed E-state index contributed by atoms with van der Waals surface area (Å²) in [6.07, 6.45) is 3.27. The molecule has 1 heterocycles. The number of nitrogens with one attached hydrogen (secondary N) is 1. The zero-order chi connectivity index (χ0) is 13.0. The second-order valence-corrected chi connectivity index (χ2v) is 3.68. The van der Waals surface area contributed by atoms with Gasteiger partial charge in [0.05, 0.1) is 12.2 Å². The summed E-state index contributed by atoms with van der Waals surface area (Å²) in [4.78, 5) is 15.0. The second kappa shape index (κ2) is 5.37. The molecule has 0 unspecified atom stereocenters. The molecule has 0 bridgehead atoms. The predicted octanol–water partition coefficient (Wildman–Crippen LogP) is 1.78. The van der Waals surface area contributed by atoms with Gasteiger partial charge in [-0.3, -0.25) is 9.78 Å². The van der Waals surface area contributed by atoms with Crippen LogP contribution in [0, 0.1) is 5.82 Å². The molecule has 1 aromatic heterocycles. The van der Waals surface area contributed by atoms with E-state index in [2.05, 4.69) is 10.3 Å². The van der Waals surface area contributed by atoms with Crippen molar-refractivity contribution in [1.82, 2.24) is 4.98 Å². The molecule has 0 fully saturated rings. The number of rotatable bonds is 3. The fourth-order valence-corrected chi connectivity index (χ4v) is 1.54. The number of anilines is 1. The average Bonchev–Trinajstić information content (AvgIpc) is 2.42. The Morgan fingerprint density at radius 1 is 1.22 bits per heavy atom. The maximum atomic E-state index is 13.8. The quantitative estimate of drug-likeness (QED) is 0.866. The molecule has 0 saturated heterocycles. The smallest absolute Gasteiger partial charge is 0.238 e. The van der Waals surface area contributed by atoms with Gasteiger partial charge in [-0.2, -0.15) is 0 Å². The highest BCUT2D eigenvalue weighted by molar-refractivity contribution is 5.92. The predicted molar refractivity (Wildman–Crippen MR) is 67.3 cm³/mol. The molecule has 2 aromatic rings. The van der Waals surface area contributed by atoms with Crippen LogP contribution in [-0.2, 0) is 4.79 Å². The first kappa shape index (κ1) is 12.2. The molecule has 92 valence electrons. The first-order valence-corrected chi connectivity index (χ1v) is 5.40. The lowest BCUT2D eigenvalue weighted by atomic mass is 10.1. The molecule has 0 aliphatic rings. The summed E-state index contributed by atoms with van der Waals surface area (Å²) in [7, 11) is 0. The van der Waals surface area contributed by atoms with Crippen molar-refractivity contribution in [3.05, 3.63) is 48.5 Å². The molecule has 3 N–H and O–H groups in total. The Balaban J connectivity index is 2.28. The molecular formula is C13H12FN3O. The Morgan fingerprint density at radius 2 is 1.94 bits per heavy atom. The van der Waals surface area contributed by atoms with Crippen LogP contribution in [0.1, 0.15) is 0 Å². The van der Waals surface area contributed by atoms with Crippen molar-refractivity contribution in [3.8, 4) is 11.1 Å². The van der Waals surface area contributed by atoms with Crippen molar-refractivity contribution in [3.63, 3.8) is 0 Å². The topological polar surface area (TPSA) is 68.0 Å². The number of carbonyl (C=O) groups excluding carboxylic acids is 1. The van der Waals surface area contributed by atoms with Crippen LogP contribution in [0.5, 0.6) is 0 Å². The largest absolute Gasteiger partial charge is 0.322 e. The van der Waals surface area contributed by atoms with E-state index in [1.807, 2.05) is 0 Å². The number of nitrogens with zero attached hydrogens (tertiary/aromatic N) is 1. The van der Waals surface area contributed by atoms with Crippen LogP contribution in [0.3, 0.4) is 0 Å². The molecule has 0 radical (unpaired) electrons. The Bertz CT molecular complexity index is 557. The van der Waals surface area contributed by atoms with Gasteiger partial charge in [0.25, 0.3) is 0 Å². The van der Waals surface area contributed by atoms with E-state index in [0.29, 0.717) is 0 Å². The molecule has 1 aromatic carbocycles. The number of halogens is 1. The summed E-state index contributed by atoms with van der Waals surface area (Å²) < 4.78 is 13.8. The number of carbonyl (C=O) groups is 1. The zero-order valence-corrected chi connectivity index (χ0v) is 9.56. The maximum Gasteiger partial charge on any atom is 0.238 e. The number of hydrogen-bond donors (Lipinski definition) is 2. The van der Waals surface area contributed by atoms with E-state index in [4.69, 9.17) is 5.73 Å². The van der Waals surface area contributed by atoms with Gasteiger partial charge in [-0.1, -0.05) is 6.07 Å². The first-order valence-electron chi connectivity index (χ1n) is 5.40. The number of hydrogen-bond acceptors (Lipinski definition) is 3. The molecule has 4 nitrogen and oxygen atoms in total. The Hall–Kier alpha value is -2.27. The molecule has 1 amide bonds. The Labute approximate surface area is 104 Å². The third-order valence-corrected chi connectivity index (χ3v) is 2.44. The van der Waals surface area contributed by atoms with Crippen molar-refractivity contribution in [2.45, 2.75) is 0 Å². The monoisotopic (exact) mass is 245 g/mol. The fraction of sp³-hybridized carbons (Fsp3) is 0.0769. The van der Waals surface area contributed by atoms with Crippen LogP contribution in [0.15, 0.2) is 42.7 Å². The fourth-order valence-electron chi connectivity index (χ4n) is 1.54. The third-order valence-electron chi connectivity index (χ3n) is 2.44. The number of amides is 1.